The van der Waals surface area contributed by atoms with E-state index in [1.807, 2.05) is 0 Å². The standard InChI is InChI=1S/C12H15NO2S/c1-15-13-12(14)8-16-11-6-5-9-3-2-4-10(9)7-11/h5-7H,2-4,8H2,1H3,(H,13,14). The number of hydrogen-bond acceptors (Lipinski definition) is 3. The molecule has 4 heteroatoms. The first kappa shape index (κ1) is 11.5. The van der Waals surface area contributed by atoms with E-state index >= 15 is 0 Å². The first-order valence-electron chi connectivity index (χ1n) is 5.36. The van der Waals surface area contributed by atoms with Crippen molar-refractivity contribution >= 4 is 17.7 Å². The van der Waals surface area contributed by atoms with Crippen LogP contribution < -0.4 is 5.48 Å². The Morgan fingerprint density at radius 3 is 3.06 bits per heavy atom. The average molecular weight is 237 g/mol. The summed E-state index contributed by atoms with van der Waals surface area (Å²) in [6, 6.07) is 6.47. The number of nitrogens with one attached hydrogen (secondary N) is 1. The predicted octanol–water partition coefficient (Wildman–Crippen LogP) is 1.94. The smallest absolute Gasteiger partial charge is 0.253 e. The topological polar surface area (TPSA) is 38.3 Å². The van der Waals surface area contributed by atoms with Crippen LogP contribution >= 0.6 is 11.8 Å². The molecule has 0 saturated heterocycles. The molecule has 0 heterocycles. The van der Waals surface area contributed by atoms with Crippen LogP contribution in [0.3, 0.4) is 0 Å². The number of carbonyl (C=O) groups is 1. The Hall–Kier alpha value is -1.00. The van der Waals surface area contributed by atoms with Crippen LogP contribution in [0, 0.1) is 0 Å². The molecule has 1 amide bonds. The summed E-state index contributed by atoms with van der Waals surface area (Å²) < 4.78 is 0. The molecule has 1 aromatic rings. The summed E-state index contributed by atoms with van der Waals surface area (Å²) in [5.74, 6) is 0.292. The minimum absolute atomic E-state index is 0.104. The summed E-state index contributed by atoms with van der Waals surface area (Å²) in [6.45, 7) is 0. The highest BCUT2D eigenvalue weighted by Crippen LogP contribution is 2.27. The number of carbonyl (C=O) groups excluding carboxylic acids is 1. The molecular formula is C12H15NO2S. The van der Waals surface area contributed by atoms with Crippen molar-refractivity contribution < 1.29 is 9.63 Å². The minimum Gasteiger partial charge on any atom is -0.277 e. The average Bonchev–Trinajstić information content (AvgIpc) is 2.74. The van der Waals surface area contributed by atoms with E-state index in [4.69, 9.17) is 0 Å². The zero-order valence-corrected chi connectivity index (χ0v) is 10.1. The molecular weight excluding hydrogens is 222 g/mol. The third kappa shape index (κ3) is 2.77. The van der Waals surface area contributed by atoms with Crippen molar-refractivity contribution in [3.05, 3.63) is 29.3 Å². The van der Waals surface area contributed by atoms with Crippen LogP contribution in [0.2, 0.25) is 0 Å². The van der Waals surface area contributed by atoms with Crippen LogP contribution in [-0.4, -0.2) is 18.8 Å². The van der Waals surface area contributed by atoms with Crippen LogP contribution in [-0.2, 0) is 22.5 Å². The molecule has 2 rings (SSSR count). The van der Waals surface area contributed by atoms with Gasteiger partial charge in [-0.15, -0.1) is 11.8 Å². The second kappa shape index (κ2) is 5.37. The number of hydrogen-bond donors (Lipinski definition) is 1. The fourth-order valence-electron chi connectivity index (χ4n) is 1.93. The lowest BCUT2D eigenvalue weighted by molar-refractivity contribution is -0.128. The molecule has 1 aliphatic carbocycles. The number of benzene rings is 1. The van der Waals surface area contributed by atoms with E-state index in [9.17, 15) is 4.79 Å². The maximum Gasteiger partial charge on any atom is 0.253 e. The van der Waals surface area contributed by atoms with Gasteiger partial charge in [-0.1, -0.05) is 6.07 Å². The van der Waals surface area contributed by atoms with E-state index in [1.54, 1.807) is 11.8 Å². The van der Waals surface area contributed by atoms with Gasteiger partial charge in [0.25, 0.3) is 5.91 Å². The zero-order chi connectivity index (χ0) is 11.4. The van der Waals surface area contributed by atoms with E-state index < -0.39 is 0 Å². The van der Waals surface area contributed by atoms with Crippen molar-refractivity contribution in [2.75, 3.05) is 12.9 Å². The Bertz CT molecular complexity index is 393. The van der Waals surface area contributed by atoms with Crippen molar-refractivity contribution in [1.82, 2.24) is 5.48 Å². The molecule has 0 aromatic heterocycles. The van der Waals surface area contributed by atoms with Gasteiger partial charge in [-0.05, 0) is 42.5 Å². The highest BCUT2D eigenvalue weighted by Gasteiger charge is 2.11. The maximum atomic E-state index is 11.2. The van der Waals surface area contributed by atoms with Gasteiger partial charge in [0.05, 0.1) is 12.9 Å². The molecule has 86 valence electrons. The van der Waals surface area contributed by atoms with Gasteiger partial charge in [-0.3, -0.25) is 9.63 Å². The van der Waals surface area contributed by atoms with Gasteiger partial charge in [-0.2, -0.15) is 0 Å². The van der Waals surface area contributed by atoms with Crippen molar-refractivity contribution in [2.24, 2.45) is 0 Å². The third-order valence-corrected chi connectivity index (χ3v) is 3.65. The largest absolute Gasteiger partial charge is 0.277 e. The lowest BCUT2D eigenvalue weighted by atomic mass is 10.1. The summed E-state index contributed by atoms with van der Waals surface area (Å²) in [5.41, 5.74) is 5.21. The molecule has 0 atom stereocenters. The van der Waals surface area contributed by atoms with Gasteiger partial charge in [0.1, 0.15) is 0 Å². The molecule has 0 bridgehead atoms. The molecule has 1 aromatic carbocycles. The Morgan fingerprint density at radius 1 is 1.44 bits per heavy atom. The zero-order valence-electron chi connectivity index (χ0n) is 9.29. The summed E-state index contributed by atoms with van der Waals surface area (Å²) in [7, 11) is 1.44. The van der Waals surface area contributed by atoms with Crippen LogP contribution in [0.25, 0.3) is 0 Å². The second-order valence-corrected chi connectivity index (χ2v) is 4.85. The maximum absolute atomic E-state index is 11.2. The first-order valence-corrected chi connectivity index (χ1v) is 6.34. The molecule has 0 fully saturated rings. The monoisotopic (exact) mass is 237 g/mol. The third-order valence-electron chi connectivity index (χ3n) is 2.66. The SMILES string of the molecule is CONC(=O)CSc1ccc2c(c1)CCC2. The second-order valence-electron chi connectivity index (χ2n) is 3.80. The van der Waals surface area contributed by atoms with Gasteiger partial charge in [0.2, 0.25) is 0 Å². The van der Waals surface area contributed by atoms with Crippen molar-refractivity contribution in [2.45, 2.75) is 24.2 Å². The Labute approximate surface area is 99.5 Å². The number of aryl methyl sites for hydroxylation is 2. The lowest BCUT2D eigenvalue weighted by Gasteiger charge is -2.04. The van der Waals surface area contributed by atoms with Gasteiger partial charge < -0.3 is 0 Å². The number of hydroxylamine groups is 1. The Kier molecular flexibility index (Phi) is 3.85. The fourth-order valence-corrected chi connectivity index (χ4v) is 2.68. The first-order chi connectivity index (χ1) is 7.79. The van der Waals surface area contributed by atoms with Crippen LogP contribution in [0.4, 0.5) is 0 Å². The Balaban J connectivity index is 1.93. The molecule has 0 unspecified atom stereocenters. The molecule has 0 radical (unpaired) electrons. The van der Waals surface area contributed by atoms with E-state index in [0.29, 0.717) is 5.75 Å². The number of rotatable bonds is 4. The molecule has 0 aliphatic heterocycles. The number of amides is 1. The summed E-state index contributed by atoms with van der Waals surface area (Å²) in [6.07, 6.45) is 3.63. The van der Waals surface area contributed by atoms with E-state index in [1.165, 1.54) is 37.5 Å². The highest BCUT2D eigenvalue weighted by molar-refractivity contribution is 8.00. The van der Waals surface area contributed by atoms with E-state index in [2.05, 4.69) is 28.5 Å². The molecule has 0 spiro atoms. The van der Waals surface area contributed by atoms with Crippen LogP contribution in [0.5, 0.6) is 0 Å². The lowest BCUT2D eigenvalue weighted by Crippen LogP contribution is -2.23. The van der Waals surface area contributed by atoms with Gasteiger partial charge in [0, 0.05) is 4.90 Å². The number of fused-ring (bicyclic) bond motifs is 1. The van der Waals surface area contributed by atoms with Crippen molar-refractivity contribution in [3.8, 4) is 0 Å². The summed E-state index contributed by atoms with van der Waals surface area (Å²) in [5, 5.41) is 0. The predicted molar refractivity (Wildman–Crippen MR) is 64.3 cm³/mol. The quantitative estimate of drug-likeness (QED) is 0.642. The van der Waals surface area contributed by atoms with Crippen molar-refractivity contribution in [1.29, 1.82) is 0 Å². The molecule has 0 saturated carbocycles. The van der Waals surface area contributed by atoms with Gasteiger partial charge in [0.15, 0.2) is 0 Å². The molecule has 1 aliphatic rings. The minimum atomic E-state index is -0.104. The molecule has 3 nitrogen and oxygen atoms in total. The number of thioether (sulfide) groups is 1. The Morgan fingerprint density at radius 2 is 2.25 bits per heavy atom. The fraction of sp³-hybridized carbons (Fsp3) is 0.417. The normalized spacial score (nSPS) is 13.6. The van der Waals surface area contributed by atoms with E-state index in [0.717, 1.165) is 4.90 Å². The molecule has 16 heavy (non-hydrogen) atoms. The highest BCUT2D eigenvalue weighted by atomic mass is 32.2. The van der Waals surface area contributed by atoms with Crippen molar-refractivity contribution in [3.63, 3.8) is 0 Å². The van der Waals surface area contributed by atoms with Gasteiger partial charge >= 0.3 is 0 Å². The van der Waals surface area contributed by atoms with Crippen LogP contribution in [0.1, 0.15) is 17.5 Å². The summed E-state index contributed by atoms with van der Waals surface area (Å²) in [4.78, 5) is 16.9. The summed E-state index contributed by atoms with van der Waals surface area (Å²) >= 11 is 1.54. The van der Waals surface area contributed by atoms with E-state index in [-0.39, 0.29) is 5.91 Å². The van der Waals surface area contributed by atoms with Gasteiger partial charge in [-0.25, -0.2) is 5.48 Å². The van der Waals surface area contributed by atoms with Crippen LogP contribution in [0.15, 0.2) is 23.1 Å². The molecule has 1 N–H and O–H groups in total.